The first-order chi connectivity index (χ1) is 14.9. The van der Waals surface area contributed by atoms with Gasteiger partial charge in [-0.1, -0.05) is 24.3 Å². The number of hydrogen-bond donors (Lipinski definition) is 2. The Kier molecular flexibility index (Phi) is 7.49. The molecule has 1 aliphatic heterocycles. The van der Waals surface area contributed by atoms with E-state index in [4.69, 9.17) is 25.4 Å². The quantitative estimate of drug-likeness (QED) is 0.379. The van der Waals surface area contributed by atoms with E-state index in [1.165, 1.54) is 6.92 Å². The van der Waals surface area contributed by atoms with Crippen LogP contribution in [0.5, 0.6) is 11.5 Å². The summed E-state index contributed by atoms with van der Waals surface area (Å²) in [7, 11) is 3.27. The Morgan fingerprint density at radius 2 is 1.68 bits per heavy atom. The smallest absolute Gasteiger partial charge is 0.304 e. The first-order valence-corrected chi connectivity index (χ1v) is 10.2. The van der Waals surface area contributed by atoms with Crippen molar-refractivity contribution in [3.63, 3.8) is 0 Å². The summed E-state index contributed by atoms with van der Waals surface area (Å²) >= 11 is 0. The lowest BCUT2D eigenvalue weighted by atomic mass is 10.1. The number of nitrogen functional groups attached to an aromatic ring is 1. The van der Waals surface area contributed by atoms with E-state index in [9.17, 15) is 4.79 Å². The summed E-state index contributed by atoms with van der Waals surface area (Å²) < 4.78 is 16.4. The number of benzene rings is 2. The van der Waals surface area contributed by atoms with Crippen molar-refractivity contribution in [2.24, 2.45) is 5.73 Å². The van der Waals surface area contributed by atoms with Crippen molar-refractivity contribution >= 4 is 11.8 Å². The molecule has 2 aromatic rings. The summed E-state index contributed by atoms with van der Waals surface area (Å²) in [4.78, 5) is 16.1. The number of rotatable bonds is 8. The molecule has 1 atom stereocenters. The number of nitrogens with one attached hydrogen (secondary N) is 1. The van der Waals surface area contributed by atoms with Gasteiger partial charge in [-0.3, -0.25) is 20.0 Å². The van der Waals surface area contributed by atoms with Crippen LogP contribution >= 0.6 is 0 Å². The Labute approximate surface area is 183 Å². The molecule has 0 spiro atoms. The molecule has 1 heterocycles. The van der Waals surface area contributed by atoms with Gasteiger partial charge in [0.2, 0.25) is 0 Å². The molecular formula is C23H30N4O4. The molecule has 3 N–H and O–H groups in total. The summed E-state index contributed by atoms with van der Waals surface area (Å²) in [6, 6.07) is 13.4. The van der Waals surface area contributed by atoms with Gasteiger partial charge in [0, 0.05) is 51.3 Å². The molecular weight excluding hydrogens is 396 g/mol. The second-order valence-corrected chi connectivity index (χ2v) is 7.60. The maximum Gasteiger partial charge on any atom is 0.304 e. The summed E-state index contributed by atoms with van der Waals surface area (Å²) in [5, 5.41) is 7.52. The van der Waals surface area contributed by atoms with Gasteiger partial charge in [0.25, 0.3) is 0 Å². The molecule has 166 valence electrons. The van der Waals surface area contributed by atoms with Crippen LogP contribution in [0.2, 0.25) is 0 Å². The molecule has 1 fully saturated rings. The number of ether oxygens (including phenoxy) is 3. The lowest BCUT2D eigenvalue weighted by Gasteiger charge is -2.40. The number of amidine groups is 1. The minimum atomic E-state index is -0.341. The third-order valence-corrected chi connectivity index (χ3v) is 5.30. The normalized spacial score (nSPS) is 17.2. The van der Waals surface area contributed by atoms with Gasteiger partial charge in [-0.05, 0) is 23.3 Å². The summed E-state index contributed by atoms with van der Waals surface area (Å²) in [6.07, 6.45) is -0.341. The first kappa shape index (κ1) is 22.6. The highest BCUT2D eigenvalue weighted by Gasteiger charge is 2.29. The first-order valence-electron chi connectivity index (χ1n) is 10.2. The van der Waals surface area contributed by atoms with Gasteiger partial charge in [0.05, 0.1) is 14.2 Å². The Morgan fingerprint density at radius 1 is 1.03 bits per heavy atom. The SMILES string of the molecule is COc1cc(CN2CCN(Cc3ccc(C(=N)N)cc3)C(OC(C)=O)C2)cc(OC)c1. The lowest BCUT2D eigenvalue weighted by Crippen LogP contribution is -2.53. The number of hydrogen-bond acceptors (Lipinski definition) is 7. The minimum Gasteiger partial charge on any atom is -0.497 e. The number of esters is 1. The van der Waals surface area contributed by atoms with E-state index in [1.807, 2.05) is 42.5 Å². The maximum absolute atomic E-state index is 11.7. The van der Waals surface area contributed by atoms with E-state index in [0.29, 0.717) is 25.2 Å². The zero-order chi connectivity index (χ0) is 22.4. The Balaban J connectivity index is 1.69. The van der Waals surface area contributed by atoms with Gasteiger partial charge in [0.1, 0.15) is 17.3 Å². The molecule has 3 rings (SSSR count). The van der Waals surface area contributed by atoms with Gasteiger partial charge in [-0.15, -0.1) is 0 Å². The molecule has 0 bridgehead atoms. The number of methoxy groups -OCH3 is 2. The van der Waals surface area contributed by atoms with Crippen LogP contribution in [0.15, 0.2) is 42.5 Å². The van der Waals surface area contributed by atoms with Gasteiger partial charge in [0.15, 0.2) is 6.23 Å². The highest BCUT2D eigenvalue weighted by molar-refractivity contribution is 5.94. The van der Waals surface area contributed by atoms with Crippen molar-refractivity contribution in [1.82, 2.24) is 9.80 Å². The van der Waals surface area contributed by atoms with Gasteiger partial charge >= 0.3 is 5.97 Å². The molecule has 1 saturated heterocycles. The molecule has 0 aromatic heterocycles. The van der Waals surface area contributed by atoms with Crippen molar-refractivity contribution in [2.75, 3.05) is 33.9 Å². The predicted molar refractivity (Wildman–Crippen MR) is 118 cm³/mol. The van der Waals surface area contributed by atoms with Crippen molar-refractivity contribution in [2.45, 2.75) is 26.2 Å². The summed E-state index contributed by atoms with van der Waals surface area (Å²) in [5.41, 5.74) is 8.38. The van der Waals surface area contributed by atoms with E-state index < -0.39 is 0 Å². The zero-order valence-corrected chi connectivity index (χ0v) is 18.3. The third-order valence-electron chi connectivity index (χ3n) is 5.30. The number of piperazine rings is 1. The molecule has 2 aromatic carbocycles. The Hall–Kier alpha value is -3.10. The minimum absolute atomic E-state index is 0.0483. The van der Waals surface area contributed by atoms with E-state index in [0.717, 1.165) is 35.7 Å². The van der Waals surface area contributed by atoms with Crippen molar-refractivity contribution in [3.05, 3.63) is 59.2 Å². The Morgan fingerprint density at radius 3 is 2.23 bits per heavy atom. The average molecular weight is 427 g/mol. The van der Waals surface area contributed by atoms with Crippen LogP contribution in [0.25, 0.3) is 0 Å². The van der Waals surface area contributed by atoms with Crippen LogP contribution in [0, 0.1) is 5.41 Å². The monoisotopic (exact) mass is 426 g/mol. The lowest BCUT2D eigenvalue weighted by molar-refractivity contribution is -0.164. The van der Waals surface area contributed by atoms with Gasteiger partial charge in [-0.25, -0.2) is 0 Å². The predicted octanol–water partition coefficient (Wildman–Crippen LogP) is 2.19. The number of nitrogens with two attached hydrogens (primary N) is 1. The highest BCUT2D eigenvalue weighted by atomic mass is 16.6. The van der Waals surface area contributed by atoms with E-state index in [-0.39, 0.29) is 18.0 Å². The molecule has 31 heavy (non-hydrogen) atoms. The molecule has 8 nitrogen and oxygen atoms in total. The number of nitrogens with zero attached hydrogens (tertiary/aromatic N) is 2. The van der Waals surface area contributed by atoms with Crippen LogP contribution < -0.4 is 15.2 Å². The second-order valence-electron chi connectivity index (χ2n) is 7.60. The largest absolute Gasteiger partial charge is 0.497 e. The van der Waals surface area contributed by atoms with Gasteiger partial charge in [-0.2, -0.15) is 0 Å². The summed E-state index contributed by atoms with van der Waals surface area (Å²) in [5.74, 6) is 1.25. The van der Waals surface area contributed by atoms with E-state index >= 15 is 0 Å². The van der Waals surface area contributed by atoms with Crippen LogP contribution in [0.3, 0.4) is 0 Å². The summed E-state index contributed by atoms with van der Waals surface area (Å²) in [6.45, 7) is 4.98. The molecule has 0 aliphatic carbocycles. The fourth-order valence-corrected chi connectivity index (χ4v) is 3.71. The molecule has 0 amide bonds. The average Bonchev–Trinajstić information content (AvgIpc) is 2.75. The highest BCUT2D eigenvalue weighted by Crippen LogP contribution is 2.25. The van der Waals surface area contributed by atoms with Crippen LogP contribution in [0.4, 0.5) is 0 Å². The molecule has 1 aliphatic rings. The maximum atomic E-state index is 11.7. The van der Waals surface area contributed by atoms with Crippen molar-refractivity contribution < 1.29 is 19.0 Å². The third kappa shape index (κ3) is 6.19. The van der Waals surface area contributed by atoms with Gasteiger partial charge < -0.3 is 19.9 Å². The standard InChI is InChI=1S/C23H30N4O4/c1-16(28)31-22-15-26(13-18-10-20(29-2)12-21(11-18)30-3)8-9-27(22)14-17-4-6-19(7-5-17)23(24)25/h4-7,10-12,22H,8-9,13-15H2,1-3H3,(H3,24,25). The molecule has 0 radical (unpaired) electrons. The van der Waals surface area contributed by atoms with E-state index in [1.54, 1.807) is 14.2 Å². The fraction of sp³-hybridized carbons (Fsp3) is 0.391. The fourth-order valence-electron chi connectivity index (χ4n) is 3.71. The number of carbonyl (C=O) groups excluding carboxylic acids is 1. The van der Waals surface area contributed by atoms with Crippen LogP contribution in [-0.4, -0.2) is 61.7 Å². The zero-order valence-electron chi connectivity index (χ0n) is 18.3. The molecule has 0 saturated carbocycles. The topological polar surface area (TPSA) is 101 Å². The number of carbonyl (C=O) groups is 1. The van der Waals surface area contributed by atoms with Crippen LogP contribution in [-0.2, 0) is 22.6 Å². The van der Waals surface area contributed by atoms with Crippen LogP contribution in [0.1, 0.15) is 23.6 Å². The second kappa shape index (κ2) is 10.3. The van der Waals surface area contributed by atoms with E-state index in [2.05, 4.69) is 9.80 Å². The molecule has 8 heteroatoms. The Bertz CT molecular complexity index is 894. The van der Waals surface area contributed by atoms with Crippen molar-refractivity contribution in [3.8, 4) is 11.5 Å². The van der Waals surface area contributed by atoms with Crippen molar-refractivity contribution in [1.29, 1.82) is 5.41 Å². The molecule has 1 unspecified atom stereocenters.